The van der Waals surface area contributed by atoms with E-state index in [1.807, 2.05) is 24.3 Å². The highest BCUT2D eigenvalue weighted by atomic mass is 19.4. The monoisotopic (exact) mass is 404 g/mol. The molecule has 2 heterocycles. The van der Waals surface area contributed by atoms with Crippen LogP contribution in [0.5, 0.6) is 5.88 Å². The van der Waals surface area contributed by atoms with Crippen LogP contribution in [0.3, 0.4) is 0 Å². The second kappa shape index (κ2) is 7.38. The van der Waals surface area contributed by atoms with Crippen molar-refractivity contribution in [3.8, 4) is 5.88 Å². The number of aromatic nitrogens is 3. The molecule has 4 rings (SSSR count). The number of hydrogen-bond acceptors (Lipinski definition) is 4. The lowest BCUT2D eigenvalue weighted by Crippen LogP contribution is -2.28. The Morgan fingerprint density at radius 2 is 2.10 bits per heavy atom. The van der Waals surface area contributed by atoms with Crippen LogP contribution in [0.4, 0.5) is 13.2 Å². The maximum absolute atomic E-state index is 12.5. The molecule has 1 amide bonds. The molecule has 1 unspecified atom stereocenters. The van der Waals surface area contributed by atoms with Gasteiger partial charge >= 0.3 is 6.18 Å². The summed E-state index contributed by atoms with van der Waals surface area (Å²) in [6.07, 6.45) is -2.29. The van der Waals surface area contributed by atoms with Crippen molar-refractivity contribution in [3.63, 3.8) is 0 Å². The molecule has 6 nitrogen and oxygen atoms in total. The van der Waals surface area contributed by atoms with Gasteiger partial charge in [-0.3, -0.25) is 4.79 Å². The van der Waals surface area contributed by atoms with Crippen LogP contribution in [-0.4, -0.2) is 33.6 Å². The van der Waals surface area contributed by atoms with Gasteiger partial charge in [-0.1, -0.05) is 18.2 Å². The van der Waals surface area contributed by atoms with Crippen LogP contribution >= 0.6 is 0 Å². The quantitative estimate of drug-likeness (QED) is 0.654. The molecule has 1 aliphatic carbocycles. The summed E-state index contributed by atoms with van der Waals surface area (Å²) in [6.45, 7) is 0.403. The molecular formula is C20H19F3N4O2. The number of fused-ring (bicyclic) bond motifs is 1. The van der Waals surface area contributed by atoms with Gasteiger partial charge in [0, 0.05) is 24.1 Å². The van der Waals surface area contributed by atoms with Gasteiger partial charge in [0.05, 0.1) is 17.1 Å². The van der Waals surface area contributed by atoms with Gasteiger partial charge in [0.1, 0.15) is 5.82 Å². The molecule has 2 aromatic heterocycles. The summed E-state index contributed by atoms with van der Waals surface area (Å²) in [5, 5.41) is 2.93. The third-order valence-electron chi connectivity index (χ3n) is 4.89. The Morgan fingerprint density at radius 1 is 1.31 bits per heavy atom. The lowest BCUT2D eigenvalue weighted by molar-refractivity contribution is -0.154. The SMILES string of the molecule is CC(NC(=O)[C@H]1C[C@@H]1c1nc2ccccc2[nH]1)c1ccc(OCC(F)(F)F)nc1. The van der Waals surface area contributed by atoms with E-state index in [0.29, 0.717) is 5.56 Å². The third-order valence-corrected chi connectivity index (χ3v) is 4.89. The Morgan fingerprint density at radius 3 is 2.79 bits per heavy atom. The zero-order valence-electron chi connectivity index (χ0n) is 15.5. The number of nitrogens with zero attached hydrogens (tertiary/aromatic N) is 2. The van der Waals surface area contributed by atoms with Gasteiger partial charge in [0.2, 0.25) is 11.8 Å². The summed E-state index contributed by atoms with van der Waals surface area (Å²) in [5.74, 6) is 0.523. The van der Waals surface area contributed by atoms with E-state index in [9.17, 15) is 18.0 Å². The van der Waals surface area contributed by atoms with E-state index < -0.39 is 12.8 Å². The first-order valence-electron chi connectivity index (χ1n) is 9.21. The predicted octanol–water partition coefficient (Wildman–Crippen LogP) is 3.88. The summed E-state index contributed by atoms with van der Waals surface area (Å²) in [6, 6.07) is 10.3. The minimum Gasteiger partial charge on any atom is -0.468 e. The van der Waals surface area contributed by atoms with Crippen LogP contribution in [0.15, 0.2) is 42.6 Å². The number of aromatic amines is 1. The van der Waals surface area contributed by atoms with Gasteiger partial charge in [-0.05, 0) is 31.0 Å². The number of nitrogens with one attached hydrogen (secondary N) is 2. The van der Waals surface area contributed by atoms with Gasteiger partial charge < -0.3 is 15.0 Å². The zero-order valence-corrected chi connectivity index (χ0v) is 15.5. The number of pyridine rings is 1. The highest BCUT2D eigenvalue weighted by Gasteiger charge is 2.46. The van der Waals surface area contributed by atoms with E-state index in [-0.39, 0.29) is 29.7 Å². The van der Waals surface area contributed by atoms with E-state index in [1.165, 1.54) is 12.3 Å². The van der Waals surface area contributed by atoms with Crippen LogP contribution in [-0.2, 0) is 4.79 Å². The van der Waals surface area contributed by atoms with Crippen molar-refractivity contribution in [1.82, 2.24) is 20.3 Å². The van der Waals surface area contributed by atoms with E-state index in [0.717, 1.165) is 23.3 Å². The van der Waals surface area contributed by atoms with E-state index >= 15 is 0 Å². The predicted molar refractivity (Wildman–Crippen MR) is 99.3 cm³/mol. The van der Waals surface area contributed by atoms with Crippen molar-refractivity contribution < 1.29 is 22.7 Å². The summed E-state index contributed by atoms with van der Waals surface area (Å²) in [7, 11) is 0. The molecule has 3 aromatic rings. The zero-order chi connectivity index (χ0) is 20.6. The van der Waals surface area contributed by atoms with Crippen molar-refractivity contribution >= 4 is 16.9 Å². The number of para-hydroxylation sites is 2. The fraction of sp³-hybridized carbons (Fsp3) is 0.350. The van der Waals surface area contributed by atoms with Gasteiger partial charge in [0.25, 0.3) is 0 Å². The minimum absolute atomic E-state index is 0.0610. The number of rotatable bonds is 6. The number of carbonyl (C=O) groups is 1. The van der Waals surface area contributed by atoms with Crippen molar-refractivity contribution in [2.24, 2.45) is 5.92 Å². The Kier molecular flexibility index (Phi) is 4.89. The van der Waals surface area contributed by atoms with Crippen LogP contribution in [0.25, 0.3) is 11.0 Å². The summed E-state index contributed by atoms with van der Waals surface area (Å²) in [5.41, 5.74) is 2.50. The molecule has 0 bridgehead atoms. The molecule has 1 aromatic carbocycles. The summed E-state index contributed by atoms with van der Waals surface area (Å²) >= 11 is 0. The molecule has 152 valence electrons. The average molecular weight is 404 g/mol. The Labute approximate surface area is 164 Å². The first-order valence-corrected chi connectivity index (χ1v) is 9.21. The number of hydrogen-bond donors (Lipinski definition) is 2. The van der Waals surface area contributed by atoms with E-state index in [2.05, 4.69) is 25.0 Å². The topological polar surface area (TPSA) is 79.9 Å². The van der Waals surface area contributed by atoms with Gasteiger partial charge in [-0.15, -0.1) is 0 Å². The van der Waals surface area contributed by atoms with Crippen molar-refractivity contribution in [2.45, 2.75) is 31.5 Å². The van der Waals surface area contributed by atoms with Crippen LogP contribution in [0.1, 0.15) is 36.7 Å². The van der Waals surface area contributed by atoms with Crippen LogP contribution in [0, 0.1) is 5.92 Å². The summed E-state index contributed by atoms with van der Waals surface area (Å²) < 4.78 is 41.1. The summed E-state index contributed by atoms with van der Waals surface area (Å²) in [4.78, 5) is 24.2. The normalized spacial score (nSPS) is 19.7. The standard InChI is InChI=1S/C20H19F3N4O2/c1-11(12-6-7-17(24-9-12)29-10-20(21,22)23)25-19(28)14-8-13(14)18-26-15-4-2-3-5-16(15)27-18/h2-7,9,11,13-14H,8,10H2,1H3,(H,25,28)(H,26,27)/t11?,13-,14-/m0/s1. The van der Waals surface area contributed by atoms with E-state index in [1.54, 1.807) is 13.0 Å². The number of H-pyrrole nitrogens is 1. The lowest BCUT2D eigenvalue weighted by atomic mass is 10.1. The Hall–Kier alpha value is -3.10. The first kappa shape index (κ1) is 19.2. The molecule has 1 aliphatic rings. The second-order valence-corrected chi connectivity index (χ2v) is 7.15. The molecule has 1 fully saturated rings. The second-order valence-electron chi connectivity index (χ2n) is 7.15. The van der Waals surface area contributed by atoms with Gasteiger partial charge in [0.15, 0.2) is 6.61 Å². The Balaban J connectivity index is 1.33. The maximum atomic E-state index is 12.5. The third kappa shape index (κ3) is 4.49. The average Bonchev–Trinajstić information content (AvgIpc) is 3.38. The fourth-order valence-corrected chi connectivity index (χ4v) is 3.23. The minimum atomic E-state index is -4.41. The number of carbonyl (C=O) groups excluding carboxylic acids is 1. The first-order chi connectivity index (χ1) is 13.8. The molecule has 3 atom stereocenters. The molecule has 29 heavy (non-hydrogen) atoms. The highest BCUT2D eigenvalue weighted by molar-refractivity contribution is 5.83. The number of imidazole rings is 1. The number of benzene rings is 1. The van der Waals surface area contributed by atoms with Crippen LogP contribution < -0.4 is 10.1 Å². The fourth-order valence-electron chi connectivity index (χ4n) is 3.23. The molecule has 1 saturated carbocycles. The number of halogens is 3. The van der Waals surface area contributed by atoms with E-state index in [4.69, 9.17) is 0 Å². The molecular weight excluding hydrogens is 385 g/mol. The van der Waals surface area contributed by atoms with Crippen molar-refractivity contribution in [2.75, 3.05) is 6.61 Å². The number of ether oxygens (including phenoxy) is 1. The number of alkyl halides is 3. The van der Waals surface area contributed by atoms with Gasteiger partial charge in [-0.25, -0.2) is 9.97 Å². The largest absolute Gasteiger partial charge is 0.468 e. The maximum Gasteiger partial charge on any atom is 0.422 e. The van der Waals surface area contributed by atoms with Crippen molar-refractivity contribution in [3.05, 3.63) is 54.0 Å². The molecule has 9 heteroatoms. The Bertz CT molecular complexity index is 983. The molecule has 0 radical (unpaired) electrons. The smallest absolute Gasteiger partial charge is 0.422 e. The lowest BCUT2D eigenvalue weighted by Gasteiger charge is -2.15. The van der Waals surface area contributed by atoms with Crippen molar-refractivity contribution in [1.29, 1.82) is 0 Å². The molecule has 0 saturated heterocycles. The molecule has 2 N–H and O–H groups in total. The molecule has 0 spiro atoms. The molecule has 0 aliphatic heterocycles. The highest BCUT2D eigenvalue weighted by Crippen LogP contribution is 2.47. The number of amides is 1. The van der Waals surface area contributed by atoms with Gasteiger partial charge in [-0.2, -0.15) is 13.2 Å². The van der Waals surface area contributed by atoms with Crippen LogP contribution in [0.2, 0.25) is 0 Å².